The minimum Gasteiger partial charge on any atom is -0.416 e. The fourth-order valence-electron chi connectivity index (χ4n) is 1.70. The Morgan fingerprint density at radius 1 is 1.39 bits per heavy atom. The molecule has 0 atom stereocenters. The Hall–Kier alpha value is -2.07. The lowest BCUT2D eigenvalue weighted by molar-refractivity contribution is 0.0966. The summed E-state index contributed by atoms with van der Waals surface area (Å²) in [6, 6.07) is 5.71. The number of nitrogens with one attached hydrogen (secondary N) is 1. The van der Waals surface area contributed by atoms with Crippen molar-refractivity contribution in [3.05, 3.63) is 59.0 Å². The maximum Gasteiger partial charge on any atom is 0.256 e. The van der Waals surface area contributed by atoms with E-state index in [1.54, 1.807) is 13.0 Å². The van der Waals surface area contributed by atoms with Crippen molar-refractivity contribution in [1.29, 1.82) is 0 Å². The molecule has 0 heterocycles. The van der Waals surface area contributed by atoms with Crippen molar-refractivity contribution >= 4 is 5.91 Å². The van der Waals surface area contributed by atoms with E-state index in [1.165, 1.54) is 0 Å². The molecule has 4 heteroatoms. The summed E-state index contributed by atoms with van der Waals surface area (Å²) in [7, 11) is 0. The number of hydrogen-bond donors (Lipinski definition) is 2. The third-order valence-corrected chi connectivity index (χ3v) is 2.55. The Morgan fingerprint density at radius 3 is 2.44 bits per heavy atom. The number of allylic oxidation sites excluding steroid dienone is 2. The number of carbonyl (C=O) groups is 1. The van der Waals surface area contributed by atoms with Gasteiger partial charge in [-0.2, -0.15) is 5.90 Å². The van der Waals surface area contributed by atoms with Crippen LogP contribution in [0.1, 0.15) is 28.4 Å². The van der Waals surface area contributed by atoms with Crippen LogP contribution in [-0.4, -0.2) is 5.91 Å². The lowest BCUT2D eigenvalue weighted by atomic mass is 10.0. The molecule has 1 amide bonds. The number of carbonyl (C=O) groups excluding carboxylic acids is 1. The van der Waals surface area contributed by atoms with E-state index in [0.717, 1.165) is 11.1 Å². The fraction of sp³-hybridized carbons (Fsp3) is 0.214. The van der Waals surface area contributed by atoms with Crippen molar-refractivity contribution in [3.63, 3.8) is 0 Å². The Morgan fingerprint density at radius 2 is 1.94 bits per heavy atom. The third-order valence-electron chi connectivity index (χ3n) is 2.55. The largest absolute Gasteiger partial charge is 0.416 e. The van der Waals surface area contributed by atoms with Crippen molar-refractivity contribution in [1.82, 2.24) is 5.32 Å². The van der Waals surface area contributed by atoms with Crippen molar-refractivity contribution in [3.8, 4) is 0 Å². The highest BCUT2D eigenvalue weighted by atomic mass is 16.6. The molecule has 1 aromatic carbocycles. The van der Waals surface area contributed by atoms with Crippen LogP contribution < -0.4 is 11.2 Å². The van der Waals surface area contributed by atoms with Crippen LogP contribution >= 0.6 is 0 Å². The third kappa shape index (κ3) is 3.46. The van der Waals surface area contributed by atoms with E-state index in [1.807, 2.05) is 32.0 Å². The van der Waals surface area contributed by atoms with E-state index in [-0.39, 0.29) is 5.91 Å². The highest BCUT2D eigenvalue weighted by Gasteiger charge is 2.11. The van der Waals surface area contributed by atoms with Crippen LogP contribution in [0.2, 0.25) is 0 Å². The number of hydrogen-bond acceptors (Lipinski definition) is 3. The van der Waals surface area contributed by atoms with Crippen LogP contribution in [0, 0.1) is 13.8 Å². The smallest absolute Gasteiger partial charge is 0.256 e. The van der Waals surface area contributed by atoms with E-state index in [2.05, 4.69) is 16.7 Å². The normalized spacial score (nSPS) is 11.0. The molecule has 0 radical (unpaired) electrons. The van der Waals surface area contributed by atoms with Gasteiger partial charge in [-0.05, 0) is 31.9 Å². The molecular formula is C14H18N2O2. The van der Waals surface area contributed by atoms with Crippen LogP contribution in [0.15, 0.2) is 42.3 Å². The summed E-state index contributed by atoms with van der Waals surface area (Å²) >= 11 is 0. The van der Waals surface area contributed by atoms with Crippen molar-refractivity contribution in [2.45, 2.75) is 20.8 Å². The summed E-state index contributed by atoms with van der Waals surface area (Å²) in [5.74, 6) is 5.28. The van der Waals surface area contributed by atoms with Crippen LogP contribution in [0.3, 0.4) is 0 Å². The molecule has 3 N–H and O–H groups in total. The van der Waals surface area contributed by atoms with E-state index >= 15 is 0 Å². The van der Waals surface area contributed by atoms with Gasteiger partial charge >= 0.3 is 0 Å². The topological polar surface area (TPSA) is 64.3 Å². The molecule has 4 nitrogen and oxygen atoms in total. The van der Waals surface area contributed by atoms with Crippen LogP contribution in [0.25, 0.3) is 0 Å². The van der Waals surface area contributed by atoms with Gasteiger partial charge in [0, 0.05) is 17.3 Å². The molecule has 1 rings (SSSR count). The summed E-state index contributed by atoms with van der Waals surface area (Å²) in [4.78, 5) is 16.6. The van der Waals surface area contributed by atoms with Gasteiger partial charge < -0.3 is 10.2 Å². The zero-order chi connectivity index (χ0) is 13.7. The molecule has 0 aliphatic carbocycles. The second-order valence-electron chi connectivity index (χ2n) is 4.12. The Kier molecular flexibility index (Phi) is 4.68. The molecule has 96 valence electrons. The Bertz CT molecular complexity index is 484. The molecule has 18 heavy (non-hydrogen) atoms. The number of nitrogens with two attached hydrogens (primary N) is 1. The lowest BCUT2D eigenvalue weighted by Crippen LogP contribution is -2.23. The first-order valence-electron chi connectivity index (χ1n) is 5.57. The molecule has 0 aromatic heterocycles. The second-order valence-corrected chi connectivity index (χ2v) is 4.12. The highest BCUT2D eigenvalue weighted by Crippen LogP contribution is 2.13. The Balaban J connectivity index is 2.87. The van der Waals surface area contributed by atoms with Gasteiger partial charge in [0.1, 0.15) is 5.76 Å². The molecule has 0 saturated carbocycles. The number of amides is 1. The van der Waals surface area contributed by atoms with Crippen molar-refractivity contribution < 1.29 is 9.63 Å². The Labute approximate surface area is 107 Å². The van der Waals surface area contributed by atoms with Gasteiger partial charge in [0.15, 0.2) is 0 Å². The minimum atomic E-state index is -0.184. The summed E-state index contributed by atoms with van der Waals surface area (Å²) in [5, 5.41) is 2.70. The fourth-order valence-corrected chi connectivity index (χ4v) is 1.70. The lowest BCUT2D eigenvalue weighted by Gasteiger charge is -2.10. The average molecular weight is 246 g/mol. The summed E-state index contributed by atoms with van der Waals surface area (Å²) in [6.07, 6.45) is 1.56. The van der Waals surface area contributed by atoms with Gasteiger partial charge in [0.25, 0.3) is 5.91 Å². The monoisotopic (exact) mass is 246 g/mol. The average Bonchev–Trinajstić information content (AvgIpc) is 2.28. The number of rotatable bonds is 4. The number of aryl methyl sites for hydroxylation is 2. The van der Waals surface area contributed by atoms with E-state index < -0.39 is 0 Å². The van der Waals surface area contributed by atoms with Gasteiger partial charge in [-0.3, -0.25) is 4.79 Å². The predicted octanol–water partition coefficient (Wildman–Crippen LogP) is 2.34. The SMILES string of the molecule is C=C(/C=C(/C)ON)NC(=O)c1c(C)cccc1C. The molecular weight excluding hydrogens is 228 g/mol. The first-order chi connectivity index (χ1) is 8.45. The van der Waals surface area contributed by atoms with Gasteiger partial charge in [-0.15, -0.1) is 0 Å². The summed E-state index contributed by atoms with van der Waals surface area (Å²) in [5.41, 5.74) is 2.95. The van der Waals surface area contributed by atoms with Gasteiger partial charge in [-0.1, -0.05) is 24.8 Å². The van der Waals surface area contributed by atoms with E-state index in [4.69, 9.17) is 5.90 Å². The standard InChI is InChI=1S/C14H18N2O2/c1-9-6-5-7-10(2)13(9)14(17)16-11(3)8-12(4)18-15/h5-8H,3,15H2,1-2,4H3,(H,16,17)/b12-8-. The molecule has 0 unspecified atom stereocenters. The highest BCUT2D eigenvalue weighted by molar-refractivity contribution is 5.98. The minimum absolute atomic E-state index is 0.184. The van der Waals surface area contributed by atoms with Gasteiger partial charge in [-0.25, -0.2) is 0 Å². The maximum atomic E-state index is 12.1. The molecule has 0 spiro atoms. The first kappa shape index (κ1) is 14.0. The van der Waals surface area contributed by atoms with Crippen LogP contribution in [-0.2, 0) is 4.84 Å². The quantitative estimate of drug-likeness (QED) is 0.487. The maximum absolute atomic E-state index is 12.1. The van der Waals surface area contributed by atoms with Crippen LogP contribution in [0.4, 0.5) is 0 Å². The summed E-state index contributed by atoms with van der Waals surface area (Å²) in [6.45, 7) is 9.20. The van der Waals surface area contributed by atoms with Crippen molar-refractivity contribution in [2.75, 3.05) is 0 Å². The zero-order valence-electron chi connectivity index (χ0n) is 10.9. The first-order valence-corrected chi connectivity index (χ1v) is 5.57. The number of benzene rings is 1. The van der Waals surface area contributed by atoms with E-state index in [0.29, 0.717) is 17.0 Å². The molecule has 0 aliphatic heterocycles. The van der Waals surface area contributed by atoms with Crippen LogP contribution in [0.5, 0.6) is 0 Å². The molecule has 0 saturated heterocycles. The van der Waals surface area contributed by atoms with Gasteiger partial charge in [0.05, 0.1) is 0 Å². The molecule has 0 bridgehead atoms. The van der Waals surface area contributed by atoms with E-state index in [9.17, 15) is 4.79 Å². The summed E-state index contributed by atoms with van der Waals surface area (Å²) < 4.78 is 0. The molecule has 1 aromatic rings. The van der Waals surface area contributed by atoms with Crippen molar-refractivity contribution in [2.24, 2.45) is 5.90 Å². The van der Waals surface area contributed by atoms with Gasteiger partial charge in [0.2, 0.25) is 0 Å². The molecule has 0 fully saturated rings. The zero-order valence-corrected chi connectivity index (χ0v) is 10.9. The predicted molar refractivity (Wildman–Crippen MR) is 71.6 cm³/mol. The second kappa shape index (κ2) is 6.02. The molecule has 0 aliphatic rings.